The van der Waals surface area contributed by atoms with Crippen molar-refractivity contribution in [1.29, 1.82) is 0 Å². The Labute approximate surface area is 392 Å². The van der Waals surface area contributed by atoms with E-state index in [1.54, 1.807) is 6.08 Å². The van der Waals surface area contributed by atoms with Crippen LogP contribution in [0.15, 0.2) is 36.5 Å². The monoisotopic (exact) mass is 886 g/mol. The van der Waals surface area contributed by atoms with Crippen LogP contribution in [0.5, 0.6) is 0 Å². The number of esters is 1. The maximum absolute atomic E-state index is 12.5. The van der Waals surface area contributed by atoms with Crippen LogP contribution in [-0.4, -0.2) is 47.4 Å². The minimum Gasteiger partial charge on any atom is -0.466 e. The Kier molecular flexibility index (Phi) is 51.1. The molecule has 0 aliphatic heterocycles. The number of carbonyl (C=O) groups excluding carboxylic acids is 2. The topological polar surface area (TPSA) is 95.9 Å². The SMILES string of the molecule is CCCC/C=C\CCCCCCCC(=O)OCCCCCCCCC/C=C\CCCCCCCC(=O)NC(CO)C(O)/C=C/CCCCCCCCCCCCCCCCCCC. The first kappa shape index (κ1) is 61.1. The minimum absolute atomic E-state index is 0.0152. The third-order valence-corrected chi connectivity index (χ3v) is 12.6. The molecular formula is C57H107NO5. The van der Waals surface area contributed by atoms with E-state index in [2.05, 4.69) is 43.5 Å². The van der Waals surface area contributed by atoms with Crippen molar-refractivity contribution in [2.24, 2.45) is 0 Å². The average molecular weight is 886 g/mol. The number of ether oxygens (including phenoxy) is 1. The Morgan fingerprint density at radius 2 is 0.762 bits per heavy atom. The van der Waals surface area contributed by atoms with Gasteiger partial charge in [0.15, 0.2) is 0 Å². The van der Waals surface area contributed by atoms with Gasteiger partial charge in [0, 0.05) is 12.8 Å². The minimum atomic E-state index is -0.856. The highest BCUT2D eigenvalue weighted by molar-refractivity contribution is 5.76. The molecule has 6 nitrogen and oxygen atoms in total. The summed E-state index contributed by atoms with van der Waals surface area (Å²) >= 11 is 0. The van der Waals surface area contributed by atoms with Gasteiger partial charge in [-0.2, -0.15) is 0 Å². The lowest BCUT2D eigenvalue weighted by Crippen LogP contribution is -2.45. The molecule has 3 N–H and O–H groups in total. The molecule has 0 bridgehead atoms. The summed E-state index contributed by atoms with van der Waals surface area (Å²) in [6, 6.07) is -0.641. The number of aliphatic hydroxyl groups is 2. The molecule has 0 radical (unpaired) electrons. The van der Waals surface area contributed by atoms with Crippen molar-refractivity contribution >= 4 is 11.9 Å². The number of allylic oxidation sites excluding steroid dienone is 5. The van der Waals surface area contributed by atoms with Gasteiger partial charge in [-0.3, -0.25) is 9.59 Å². The first-order valence-electron chi connectivity index (χ1n) is 27.8. The van der Waals surface area contributed by atoms with Crippen LogP contribution < -0.4 is 5.32 Å². The molecule has 370 valence electrons. The highest BCUT2D eigenvalue weighted by Crippen LogP contribution is 2.16. The van der Waals surface area contributed by atoms with Gasteiger partial charge in [-0.1, -0.05) is 237 Å². The van der Waals surface area contributed by atoms with E-state index >= 15 is 0 Å². The summed E-state index contributed by atoms with van der Waals surface area (Å²) in [6.45, 7) is 4.84. The fourth-order valence-electron chi connectivity index (χ4n) is 8.31. The predicted octanol–water partition coefficient (Wildman–Crippen LogP) is 16.9. The highest BCUT2D eigenvalue weighted by atomic mass is 16.5. The van der Waals surface area contributed by atoms with Crippen LogP contribution >= 0.6 is 0 Å². The van der Waals surface area contributed by atoms with Gasteiger partial charge < -0.3 is 20.3 Å². The molecule has 0 aliphatic carbocycles. The van der Waals surface area contributed by atoms with Crippen LogP contribution in [-0.2, 0) is 14.3 Å². The fourth-order valence-corrected chi connectivity index (χ4v) is 8.31. The van der Waals surface area contributed by atoms with Gasteiger partial charge in [0.2, 0.25) is 5.91 Å². The van der Waals surface area contributed by atoms with Crippen molar-refractivity contribution in [2.75, 3.05) is 13.2 Å². The van der Waals surface area contributed by atoms with Crippen molar-refractivity contribution in [3.8, 4) is 0 Å². The lowest BCUT2D eigenvalue weighted by molar-refractivity contribution is -0.143. The second kappa shape index (κ2) is 52.7. The molecule has 0 saturated carbocycles. The number of nitrogens with one attached hydrogen (secondary N) is 1. The number of carbonyl (C=O) groups is 2. The zero-order chi connectivity index (χ0) is 45.8. The second-order valence-electron chi connectivity index (χ2n) is 18.9. The van der Waals surface area contributed by atoms with Crippen molar-refractivity contribution < 1.29 is 24.5 Å². The quantitative estimate of drug-likeness (QED) is 0.0321. The van der Waals surface area contributed by atoms with Crippen LogP contribution in [0, 0.1) is 0 Å². The molecule has 2 atom stereocenters. The molecule has 0 aromatic rings. The van der Waals surface area contributed by atoms with E-state index in [1.165, 1.54) is 199 Å². The first-order chi connectivity index (χ1) is 31.0. The van der Waals surface area contributed by atoms with Gasteiger partial charge in [0.05, 0.1) is 25.4 Å². The lowest BCUT2D eigenvalue weighted by Gasteiger charge is -2.20. The fraction of sp³-hybridized carbons (Fsp3) is 0.860. The Morgan fingerprint density at radius 3 is 1.17 bits per heavy atom. The van der Waals surface area contributed by atoms with Crippen molar-refractivity contribution in [2.45, 2.75) is 302 Å². The summed E-state index contributed by atoms with van der Waals surface area (Å²) in [5, 5.41) is 23.1. The number of amides is 1. The summed E-state index contributed by atoms with van der Waals surface area (Å²) in [7, 11) is 0. The third-order valence-electron chi connectivity index (χ3n) is 12.6. The Bertz CT molecular complexity index is 1020. The van der Waals surface area contributed by atoms with E-state index in [4.69, 9.17) is 4.74 Å². The molecule has 0 rings (SSSR count). The molecule has 2 unspecified atom stereocenters. The molecule has 0 aromatic heterocycles. The predicted molar refractivity (Wildman–Crippen MR) is 273 cm³/mol. The Hall–Kier alpha value is -1.92. The number of hydrogen-bond donors (Lipinski definition) is 3. The van der Waals surface area contributed by atoms with E-state index in [9.17, 15) is 19.8 Å². The van der Waals surface area contributed by atoms with E-state index in [-0.39, 0.29) is 18.5 Å². The van der Waals surface area contributed by atoms with Gasteiger partial charge in [0.25, 0.3) is 0 Å². The molecule has 0 aromatic carbocycles. The van der Waals surface area contributed by atoms with E-state index < -0.39 is 12.1 Å². The van der Waals surface area contributed by atoms with Crippen LogP contribution in [0.4, 0.5) is 0 Å². The van der Waals surface area contributed by atoms with Crippen LogP contribution in [0.2, 0.25) is 0 Å². The zero-order valence-electron chi connectivity index (χ0n) is 42.1. The molecule has 0 heterocycles. The molecule has 0 saturated heterocycles. The molecule has 6 heteroatoms. The van der Waals surface area contributed by atoms with Gasteiger partial charge >= 0.3 is 5.97 Å². The first-order valence-corrected chi connectivity index (χ1v) is 27.8. The maximum atomic E-state index is 12.5. The molecule has 0 spiro atoms. The number of unbranched alkanes of at least 4 members (excludes halogenated alkanes) is 36. The van der Waals surface area contributed by atoms with Crippen LogP contribution in [0.3, 0.4) is 0 Å². The van der Waals surface area contributed by atoms with Gasteiger partial charge in [0.1, 0.15) is 0 Å². The van der Waals surface area contributed by atoms with E-state index in [1.807, 2.05) is 6.08 Å². The lowest BCUT2D eigenvalue weighted by atomic mass is 10.0. The van der Waals surface area contributed by atoms with Crippen LogP contribution in [0.1, 0.15) is 290 Å². The number of hydrogen-bond acceptors (Lipinski definition) is 5. The third kappa shape index (κ3) is 49.4. The van der Waals surface area contributed by atoms with Crippen molar-refractivity contribution in [3.05, 3.63) is 36.5 Å². The molecule has 63 heavy (non-hydrogen) atoms. The Morgan fingerprint density at radius 1 is 0.429 bits per heavy atom. The smallest absolute Gasteiger partial charge is 0.305 e. The largest absolute Gasteiger partial charge is 0.466 e. The number of rotatable bonds is 51. The highest BCUT2D eigenvalue weighted by Gasteiger charge is 2.18. The summed E-state index contributed by atoms with van der Waals surface area (Å²) in [5.41, 5.74) is 0. The maximum Gasteiger partial charge on any atom is 0.305 e. The second-order valence-corrected chi connectivity index (χ2v) is 18.9. The van der Waals surface area contributed by atoms with E-state index in [0.717, 1.165) is 64.2 Å². The van der Waals surface area contributed by atoms with Crippen LogP contribution in [0.25, 0.3) is 0 Å². The van der Waals surface area contributed by atoms with Gasteiger partial charge in [-0.05, 0) is 77.0 Å². The summed E-state index contributed by atoms with van der Waals surface area (Å²) in [5.74, 6) is -0.0994. The van der Waals surface area contributed by atoms with Crippen molar-refractivity contribution in [3.63, 3.8) is 0 Å². The van der Waals surface area contributed by atoms with Gasteiger partial charge in [-0.25, -0.2) is 0 Å². The number of aliphatic hydroxyl groups excluding tert-OH is 2. The summed E-state index contributed by atoms with van der Waals surface area (Å²) in [6.07, 6.45) is 64.4. The van der Waals surface area contributed by atoms with Gasteiger partial charge in [-0.15, -0.1) is 0 Å². The normalized spacial score (nSPS) is 12.9. The summed E-state index contributed by atoms with van der Waals surface area (Å²) < 4.78 is 5.44. The summed E-state index contributed by atoms with van der Waals surface area (Å²) in [4.78, 5) is 24.4. The van der Waals surface area contributed by atoms with Crippen molar-refractivity contribution in [1.82, 2.24) is 5.32 Å². The zero-order valence-corrected chi connectivity index (χ0v) is 42.1. The molecule has 1 amide bonds. The molecular weight excluding hydrogens is 779 g/mol. The van der Waals surface area contributed by atoms with E-state index in [0.29, 0.717) is 19.4 Å². The Balaban J connectivity index is 3.52. The standard InChI is InChI=1S/C57H107NO5/c1-3-5-7-9-11-13-15-16-17-18-19-20-23-26-30-33-37-41-45-49-55(60)54(53-59)58-56(61)50-46-42-38-34-31-27-24-21-22-25-28-32-36-40-44-48-52-63-57(62)51-47-43-39-35-29-14-12-10-8-6-4-2/h10,12,21,24,45,49,54-55,59-60H,3-9,11,13-20,22-23,25-44,46-48,50-53H2,1-2H3,(H,58,61)/b12-10-,24-21-,49-45+. The molecule has 0 fully saturated rings. The average Bonchev–Trinajstić information content (AvgIpc) is 3.28. The molecule has 0 aliphatic rings.